The van der Waals surface area contributed by atoms with Crippen LogP contribution in [0.25, 0.3) is 0 Å². The van der Waals surface area contributed by atoms with Gasteiger partial charge in [0.05, 0.1) is 6.04 Å². The van der Waals surface area contributed by atoms with E-state index in [1.165, 1.54) is 0 Å². The topological polar surface area (TPSA) is 49.4 Å². The van der Waals surface area contributed by atoms with Gasteiger partial charge in [0.2, 0.25) is 12.3 Å². The van der Waals surface area contributed by atoms with Crippen molar-refractivity contribution in [3.8, 4) is 0 Å². The summed E-state index contributed by atoms with van der Waals surface area (Å²) in [5, 5.41) is 2.15. The molecule has 0 radical (unpaired) electrons. The number of amides is 2. The number of carbonyl (C=O) groups is 2. The van der Waals surface area contributed by atoms with Crippen LogP contribution in [0.15, 0.2) is 0 Å². The Kier molecular flexibility index (Phi) is 5.28. The van der Waals surface area contributed by atoms with Gasteiger partial charge in [-0.1, -0.05) is 13.3 Å². The fraction of sp³-hybridized carbons (Fsp3) is 0.750. The van der Waals surface area contributed by atoms with E-state index in [4.69, 9.17) is 0 Å². The number of likely N-dealkylation sites (N-methyl/N-ethyl adjacent to an activating group) is 1. The molecule has 1 atom stereocenters. The van der Waals surface area contributed by atoms with Gasteiger partial charge in [-0.2, -0.15) is 0 Å². The molecule has 4 heteroatoms. The molecular formula is C8H16N2O2. The Morgan fingerprint density at radius 1 is 1.58 bits per heavy atom. The molecule has 4 nitrogen and oxygen atoms in total. The van der Waals surface area contributed by atoms with Crippen LogP contribution < -0.4 is 5.32 Å². The standard InChI is InChI=1S/C8H16N2O2/c1-4-5-7(10(2)3)8(12)9-6-11/h6-7H,4-5H2,1-3H3,(H,9,11,12). The molecule has 0 spiro atoms. The molecule has 70 valence electrons. The second-order valence-electron chi connectivity index (χ2n) is 2.89. The van der Waals surface area contributed by atoms with Crippen LogP contribution in [0.5, 0.6) is 0 Å². The molecule has 0 saturated heterocycles. The van der Waals surface area contributed by atoms with Gasteiger partial charge in [-0.15, -0.1) is 0 Å². The lowest BCUT2D eigenvalue weighted by Crippen LogP contribution is -2.42. The van der Waals surface area contributed by atoms with Crippen molar-refractivity contribution in [1.82, 2.24) is 10.2 Å². The van der Waals surface area contributed by atoms with E-state index in [2.05, 4.69) is 5.32 Å². The monoisotopic (exact) mass is 172 g/mol. The summed E-state index contributed by atoms with van der Waals surface area (Å²) in [6.45, 7) is 2.00. The Balaban J connectivity index is 4.08. The molecule has 0 aliphatic carbocycles. The van der Waals surface area contributed by atoms with Crippen molar-refractivity contribution in [2.75, 3.05) is 14.1 Å². The first-order valence-corrected chi connectivity index (χ1v) is 4.04. The number of hydrogen-bond donors (Lipinski definition) is 1. The van der Waals surface area contributed by atoms with E-state index in [-0.39, 0.29) is 11.9 Å². The van der Waals surface area contributed by atoms with Crippen molar-refractivity contribution in [2.45, 2.75) is 25.8 Å². The smallest absolute Gasteiger partial charge is 0.243 e. The van der Waals surface area contributed by atoms with E-state index in [0.29, 0.717) is 6.41 Å². The molecule has 0 heterocycles. The van der Waals surface area contributed by atoms with Gasteiger partial charge in [-0.3, -0.25) is 19.8 Å². The quantitative estimate of drug-likeness (QED) is 0.593. The summed E-state index contributed by atoms with van der Waals surface area (Å²) in [6.07, 6.45) is 2.12. The molecule has 1 N–H and O–H groups in total. The van der Waals surface area contributed by atoms with Gasteiger partial charge < -0.3 is 0 Å². The molecule has 1 unspecified atom stereocenters. The minimum atomic E-state index is -0.225. The summed E-state index contributed by atoms with van der Waals surface area (Å²) in [4.78, 5) is 23.0. The summed E-state index contributed by atoms with van der Waals surface area (Å²) < 4.78 is 0. The molecule has 2 amide bonds. The first-order chi connectivity index (χ1) is 5.63. The average Bonchev–Trinajstić information content (AvgIpc) is 1.99. The number of nitrogens with one attached hydrogen (secondary N) is 1. The van der Waals surface area contributed by atoms with Gasteiger partial charge in [0.1, 0.15) is 0 Å². The van der Waals surface area contributed by atoms with Crippen LogP contribution in [0.2, 0.25) is 0 Å². The molecule has 0 aromatic rings. The third-order valence-corrected chi connectivity index (χ3v) is 1.69. The lowest BCUT2D eigenvalue weighted by molar-refractivity contribution is -0.129. The second kappa shape index (κ2) is 5.71. The lowest BCUT2D eigenvalue weighted by Gasteiger charge is -2.21. The van der Waals surface area contributed by atoms with Gasteiger partial charge in [0.25, 0.3) is 0 Å². The van der Waals surface area contributed by atoms with Crippen LogP contribution in [0.4, 0.5) is 0 Å². The largest absolute Gasteiger partial charge is 0.298 e. The van der Waals surface area contributed by atoms with Gasteiger partial charge >= 0.3 is 0 Å². The highest BCUT2D eigenvalue weighted by molar-refractivity contribution is 5.89. The summed E-state index contributed by atoms with van der Waals surface area (Å²) in [7, 11) is 3.65. The minimum absolute atomic E-state index is 0.194. The van der Waals surface area contributed by atoms with Gasteiger partial charge in [0, 0.05) is 0 Å². The molecular weight excluding hydrogens is 156 g/mol. The summed E-state index contributed by atoms with van der Waals surface area (Å²) >= 11 is 0. The fourth-order valence-corrected chi connectivity index (χ4v) is 1.05. The minimum Gasteiger partial charge on any atom is -0.298 e. The van der Waals surface area contributed by atoms with E-state index in [1.54, 1.807) is 0 Å². The van der Waals surface area contributed by atoms with Crippen LogP contribution in [0.1, 0.15) is 19.8 Å². The van der Waals surface area contributed by atoms with Crippen LogP contribution in [-0.2, 0) is 9.59 Å². The molecule has 0 saturated carbocycles. The number of carbonyl (C=O) groups excluding carboxylic acids is 2. The van der Waals surface area contributed by atoms with Gasteiger partial charge in [0.15, 0.2) is 0 Å². The highest BCUT2D eigenvalue weighted by Gasteiger charge is 2.18. The number of imide groups is 1. The van der Waals surface area contributed by atoms with Gasteiger partial charge in [-0.25, -0.2) is 0 Å². The Hall–Kier alpha value is -0.900. The Labute approximate surface area is 72.9 Å². The van der Waals surface area contributed by atoms with E-state index in [1.807, 2.05) is 25.9 Å². The van der Waals surface area contributed by atoms with Crippen LogP contribution >= 0.6 is 0 Å². The molecule has 0 aromatic carbocycles. The highest BCUT2D eigenvalue weighted by Crippen LogP contribution is 2.02. The first kappa shape index (κ1) is 11.1. The van der Waals surface area contributed by atoms with Crippen molar-refractivity contribution in [1.29, 1.82) is 0 Å². The van der Waals surface area contributed by atoms with E-state index in [9.17, 15) is 9.59 Å². The van der Waals surface area contributed by atoms with Crippen molar-refractivity contribution in [3.63, 3.8) is 0 Å². The van der Waals surface area contributed by atoms with Crippen molar-refractivity contribution in [3.05, 3.63) is 0 Å². The summed E-state index contributed by atoms with van der Waals surface area (Å²) in [5.74, 6) is -0.225. The number of nitrogens with zero attached hydrogens (tertiary/aromatic N) is 1. The third-order valence-electron chi connectivity index (χ3n) is 1.69. The van der Waals surface area contributed by atoms with E-state index < -0.39 is 0 Å². The normalized spacial score (nSPS) is 12.7. The van der Waals surface area contributed by atoms with Crippen LogP contribution in [-0.4, -0.2) is 37.4 Å². The Bertz CT molecular complexity index is 157. The Morgan fingerprint density at radius 2 is 2.17 bits per heavy atom. The molecule has 12 heavy (non-hydrogen) atoms. The van der Waals surface area contributed by atoms with E-state index in [0.717, 1.165) is 12.8 Å². The molecule has 0 aliphatic rings. The average molecular weight is 172 g/mol. The Morgan fingerprint density at radius 3 is 2.50 bits per heavy atom. The second-order valence-corrected chi connectivity index (χ2v) is 2.89. The highest BCUT2D eigenvalue weighted by atomic mass is 16.2. The number of hydrogen-bond acceptors (Lipinski definition) is 3. The summed E-state index contributed by atoms with van der Waals surface area (Å²) in [6, 6.07) is -0.194. The van der Waals surface area contributed by atoms with E-state index >= 15 is 0 Å². The predicted octanol–water partition coefficient (Wildman–Crippen LogP) is -0.0107. The van der Waals surface area contributed by atoms with Crippen molar-refractivity contribution in [2.24, 2.45) is 0 Å². The zero-order valence-corrected chi connectivity index (χ0v) is 7.83. The maximum atomic E-state index is 11.2. The zero-order valence-electron chi connectivity index (χ0n) is 7.83. The summed E-state index contributed by atoms with van der Waals surface area (Å²) in [5.41, 5.74) is 0. The third kappa shape index (κ3) is 3.48. The molecule has 0 aliphatic heterocycles. The predicted molar refractivity (Wildman–Crippen MR) is 46.6 cm³/mol. The zero-order chi connectivity index (χ0) is 9.56. The fourth-order valence-electron chi connectivity index (χ4n) is 1.05. The molecule has 0 aromatic heterocycles. The lowest BCUT2D eigenvalue weighted by atomic mass is 10.1. The SMILES string of the molecule is CCCC(C(=O)NC=O)N(C)C. The molecule has 0 rings (SSSR count). The molecule has 0 bridgehead atoms. The van der Waals surface area contributed by atoms with Gasteiger partial charge in [-0.05, 0) is 20.5 Å². The van der Waals surface area contributed by atoms with Crippen LogP contribution in [0, 0.1) is 0 Å². The van der Waals surface area contributed by atoms with Crippen molar-refractivity contribution < 1.29 is 9.59 Å². The van der Waals surface area contributed by atoms with Crippen LogP contribution in [0.3, 0.4) is 0 Å². The maximum Gasteiger partial charge on any atom is 0.243 e. The molecule has 0 fully saturated rings. The van der Waals surface area contributed by atoms with Crippen molar-refractivity contribution >= 4 is 12.3 Å². The number of rotatable bonds is 5. The maximum absolute atomic E-state index is 11.2. The first-order valence-electron chi connectivity index (χ1n) is 4.04.